The lowest BCUT2D eigenvalue weighted by Gasteiger charge is -2.12. The van der Waals surface area contributed by atoms with Crippen LogP contribution in [0.5, 0.6) is 5.75 Å². The Morgan fingerprint density at radius 3 is 2.65 bits per heavy atom. The van der Waals surface area contributed by atoms with Gasteiger partial charge in [0.15, 0.2) is 0 Å². The van der Waals surface area contributed by atoms with Crippen molar-refractivity contribution in [3.8, 4) is 5.75 Å². The van der Waals surface area contributed by atoms with Crippen molar-refractivity contribution in [1.82, 2.24) is 0 Å². The van der Waals surface area contributed by atoms with Gasteiger partial charge in [0.1, 0.15) is 11.9 Å². The Balaban J connectivity index is 1.71. The highest BCUT2D eigenvalue weighted by Gasteiger charge is 2.41. The molecular weight excluding hydrogens is 345 g/mol. The summed E-state index contributed by atoms with van der Waals surface area (Å²) in [5.74, 6) is 0.158. The highest BCUT2D eigenvalue weighted by atomic mass is 35.5. The molecule has 0 saturated carbocycles. The molecule has 7 nitrogen and oxygen atoms in total. The van der Waals surface area contributed by atoms with E-state index < -0.39 is 18.8 Å². The van der Waals surface area contributed by atoms with E-state index in [1.165, 1.54) is 24.3 Å². The van der Waals surface area contributed by atoms with Gasteiger partial charge in [-0.05, 0) is 29.8 Å². The minimum atomic E-state index is -3.78. The summed E-state index contributed by atoms with van der Waals surface area (Å²) in [6.45, 7) is 0.0601. The summed E-state index contributed by atoms with van der Waals surface area (Å²) < 4.78 is 28.2. The normalized spacial score (nSPS) is 23.6. The Kier molecular flexibility index (Phi) is 4.37. The van der Waals surface area contributed by atoms with Crippen molar-refractivity contribution in [2.75, 3.05) is 6.61 Å². The van der Waals surface area contributed by atoms with Crippen LogP contribution in [-0.4, -0.2) is 11.5 Å². The molecule has 2 aromatic rings. The molecule has 0 spiro atoms. The monoisotopic (exact) mass is 355 g/mol. The zero-order chi connectivity index (χ0) is 16.4. The van der Waals surface area contributed by atoms with Crippen molar-refractivity contribution in [1.29, 1.82) is 0 Å². The number of benzene rings is 2. The van der Waals surface area contributed by atoms with Crippen LogP contribution in [-0.2, 0) is 13.6 Å². The quantitative estimate of drug-likeness (QED) is 0.455. The Morgan fingerprint density at radius 1 is 1.26 bits per heavy atom. The van der Waals surface area contributed by atoms with Gasteiger partial charge in [0.2, 0.25) is 0 Å². The number of non-ortho nitro benzene ring substituents is 1. The molecule has 1 heterocycles. The minimum Gasteiger partial charge on any atom is -0.404 e. The van der Waals surface area contributed by atoms with Gasteiger partial charge in [0.05, 0.1) is 11.5 Å². The fourth-order valence-electron chi connectivity index (χ4n) is 2.05. The molecule has 23 heavy (non-hydrogen) atoms. The average molecular weight is 356 g/mol. The van der Waals surface area contributed by atoms with Gasteiger partial charge in [-0.25, -0.2) is 4.57 Å². The molecule has 2 atom stereocenters. The second-order valence-electron chi connectivity index (χ2n) is 4.73. The first-order valence-corrected chi connectivity index (χ1v) is 8.41. The van der Waals surface area contributed by atoms with Gasteiger partial charge >= 0.3 is 7.82 Å². The van der Waals surface area contributed by atoms with E-state index in [4.69, 9.17) is 25.2 Å². The molecule has 120 valence electrons. The molecule has 0 N–H and O–H groups in total. The van der Waals surface area contributed by atoms with E-state index in [0.29, 0.717) is 5.02 Å². The van der Waals surface area contributed by atoms with E-state index in [1.54, 1.807) is 24.3 Å². The maximum Gasteiger partial charge on any atom is 0.530 e. The molecule has 1 fully saturated rings. The molecule has 1 aliphatic heterocycles. The molecule has 2 aromatic carbocycles. The van der Waals surface area contributed by atoms with Crippen LogP contribution in [0.4, 0.5) is 5.69 Å². The highest BCUT2D eigenvalue weighted by Crippen LogP contribution is 2.58. The molecule has 0 radical (unpaired) electrons. The van der Waals surface area contributed by atoms with E-state index in [1.807, 2.05) is 0 Å². The molecule has 1 saturated heterocycles. The van der Waals surface area contributed by atoms with Crippen molar-refractivity contribution < 1.29 is 23.1 Å². The number of hydrogen-bond donors (Lipinski definition) is 0. The van der Waals surface area contributed by atoms with Crippen LogP contribution in [0, 0.1) is 10.1 Å². The van der Waals surface area contributed by atoms with Crippen LogP contribution in [0.2, 0.25) is 5.02 Å². The maximum absolute atomic E-state index is 12.4. The first kappa shape index (κ1) is 16.0. The second kappa shape index (κ2) is 6.29. The third kappa shape index (κ3) is 3.71. The lowest BCUT2D eigenvalue weighted by atomic mass is 10.1. The fraction of sp³-hybridized carbons (Fsp3) is 0.143. The van der Waals surface area contributed by atoms with Gasteiger partial charge in [-0.1, -0.05) is 23.7 Å². The summed E-state index contributed by atoms with van der Waals surface area (Å²) in [4.78, 5) is 10.1. The summed E-state index contributed by atoms with van der Waals surface area (Å²) in [5, 5.41) is 11.1. The van der Waals surface area contributed by atoms with Crippen molar-refractivity contribution in [2.24, 2.45) is 0 Å². The first-order chi connectivity index (χ1) is 11.0. The Morgan fingerprint density at radius 2 is 2.00 bits per heavy atom. The highest BCUT2D eigenvalue weighted by molar-refractivity contribution is 7.49. The van der Waals surface area contributed by atoms with E-state index in [2.05, 4.69) is 0 Å². The molecule has 1 aliphatic rings. The molecule has 0 aliphatic carbocycles. The standard InChI is InChI=1S/C14H11ClNO6P/c15-11-3-1-2-10(8-11)14-9-20-23(19,22-14)21-13-6-4-12(5-7-13)16(17)18/h1-8,14H,9H2/t14-,23?/m1/s1. The van der Waals surface area contributed by atoms with E-state index >= 15 is 0 Å². The van der Waals surface area contributed by atoms with Gasteiger partial charge in [-0.3, -0.25) is 19.2 Å². The van der Waals surface area contributed by atoms with E-state index in [0.717, 1.165) is 5.56 Å². The van der Waals surface area contributed by atoms with Crippen molar-refractivity contribution >= 4 is 25.1 Å². The predicted octanol–water partition coefficient (Wildman–Crippen LogP) is 4.52. The lowest BCUT2D eigenvalue weighted by Crippen LogP contribution is -1.99. The molecule has 0 aromatic heterocycles. The van der Waals surface area contributed by atoms with Crippen LogP contribution < -0.4 is 4.52 Å². The van der Waals surface area contributed by atoms with Crippen molar-refractivity contribution in [3.63, 3.8) is 0 Å². The lowest BCUT2D eigenvalue weighted by molar-refractivity contribution is -0.384. The number of halogens is 1. The second-order valence-corrected chi connectivity index (χ2v) is 6.72. The van der Waals surface area contributed by atoms with E-state index in [9.17, 15) is 14.7 Å². The van der Waals surface area contributed by atoms with Crippen LogP contribution in [0.1, 0.15) is 11.7 Å². The number of phosphoric ester groups is 1. The third-order valence-corrected chi connectivity index (χ3v) is 4.77. The van der Waals surface area contributed by atoms with Crippen LogP contribution in [0.15, 0.2) is 48.5 Å². The number of nitrogens with zero attached hydrogens (tertiary/aromatic N) is 1. The molecule has 0 amide bonds. The SMILES string of the molecule is O=[N+]([O-])c1ccc(OP2(=O)OC[C@H](c3cccc(Cl)c3)O2)cc1. The van der Waals surface area contributed by atoms with Crippen LogP contribution >= 0.6 is 19.4 Å². The first-order valence-electron chi connectivity index (χ1n) is 6.58. The molecule has 1 unspecified atom stereocenters. The Labute approximate surface area is 136 Å². The fourth-order valence-corrected chi connectivity index (χ4v) is 3.59. The summed E-state index contributed by atoms with van der Waals surface area (Å²) in [5.41, 5.74) is 0.628. The molecule has 9 heteroatoms. The molecular formula is C14H11ClNO6P. The number of nitro groups is 1. The Bertz CT molecular complexity index is 781. The summed E-state index contributed by atoms with van der Waals surface area (Å²) in [6, 6.07) is 12.1. The van der Waals surface area contributed by atoms with Gasteiger partial charge in [0, 0.05) is 17.2 Å². The number of rotatable bonds is 4. The summed E-state index contributed by atoms with van der Waals surface area (Å²) in [7, 11) is -3.78. The van der Waals surface area contributed by atoms with Gasteiger partial charge in [0.25, 0.3) is 5.69 Å². The zero-order valence-electron chi connectivity index (χ0n) is 11.6. The molecule has 0 bridgehead atoms. The zero-order valence-corrected chi connectivity index (χ0v) is 13.3. The third-order valence-electron chi connectivity index (χ3n) is 3.13. The smallest absolute Gasteiger partial charge is 0.404 e. The predicted molar refractivity (Wildman–Crippen MR) is 82.6 cm³/mol. The summed E-state index contributed by atoms with van der Waals surface area (Å²) in [6.07, 6.45) is -0.558. The van der Waals surface area contributed by atoms with Gasteiger partial charge in [-0.2, -0.15) is 0 Å². The Hall–Kier alpha value is -1.92. The maximum atomic E-state index is 12.4. The van der Waals surface area contributed by atoms with Crippen molar-refractivity contribution in [2.45, 2.75) is 6.10 Å². The average Bonchev–Trinajstić information content (AvgIpc) is 2.90. The number of hydrogen-bond acceptors (Lipinski definition) is 6. The summed E-state index contributed by atoms with van der Waals surface area (Å²) >= 11 is 5.91. The minimum absolute atomic E-state index is 0.0601. The van der Waals surface area contributed by atoms with Gasteiger partial charge < -0.3 is 4.52 Å². The largest absolute Gasteiger partial charge is 0.530 e. The van der Waals surface area contributed by atoms with Gasteiger partial charge in [-0.15, -0.1) is 0 Å². The van der Waals surface area contributed by atoms with Crippen LogP contribution in [0.25, 0.3) is 0 Å². The topological polar surface area (TPSA) is 87.9 Å². The number of phosphoric acid groups is 1. The van der Waals surface area contributed by atoms with Crippen molar-refractivity contribution in [3.05, 3.63) is 69.2 Å². The van der Waals surface area contributed by atoms with Crippen LogP contribution in [0.3, 0.4) is 0 Å². The van der Waals surface area contributed by atoms with E-state index in [-0.39, 0.29) is 18.0 Å². The number of nitro benzene ring substituents is 1. The molecule has 3 rings (SSSR count).